The van der Waals surface area contributed by atoms with Gasteiger partial charge in [0.2, 0.25) is 0 Å². The van der Waals surface area contributed by atoms with E-state index in [4.69, 9.17) is 9.47 Å². The van der Waals surface area contributed by atoms with Crippen molar-refractivity contribution in [3.05, 3.63) is 107 Å². The Morgan fingerprint density at radius 3 is 1.12 bits per heavy atom. The molecule has 290 valence electrons. The SMILES string of the molecule is CC12CC3CC(C)(C1)CC(c1ccc(Oc4ccc(C(=O)O)cc4)c(-c4cc(C56CC7CC(C)(CC(C)(C7)C5)C6)ccc4Oc4ccc(C(=O)O)cc4)c1)(C3)C2. The molecule has 8 fully saturated rings. The van der Waals surface area contributed by atoms with Gasteiger partial charge in [-0.15, -0.1) is 0 Å². The molecule has 4 atom stereocenters. The van der Waals surface area contributed by atoms with Gasteiger partial charge in [-0.25, -0.2) is 9.59 Å². The minimum Gasteiger partial charge on any atom is -0.478 e. The van der Waals surface area contributed by atoms with Gasteiger partial charge in [0, 0.05) is 11.1 Å². The molecular formula is C50H54O6. The normalized spacial score (nSPS) is 36.1. The predicted octanol–water partition coefficient (Wildman–Crippen LogP) is 12.8. The maximum Gasteiger partial charge on any atom is 0.335 e. The van der Waals surface area contributed by atoms with E-state index in [0.29, 0.717) is 44.7 Å². The molecule has 8 saturated carbocycles. The van der Waals surface area contributed by atoms with Crippen LogP contribution < -0.4 is 9.47 Å². The predicted molar refractivity (Wildman–Crippen MR) is 217 cm³/mol. The molecule has 0 aromatic heterocycles. The van der Waals surface area contributed by atoms with E-state index in [0.717, 1.165) is 23.0 Å². The van der Waals surface area contributed by atoms with Crippen LogP contribution >= 0.6 is 0 Å². The van der Waals surface area contributed by atoms with Gasteiger partial charge < -0.3 is 19.7 Å². The maximum absolute atomic E-state index is 11.7. The molecule has 4 aromatic carbocycles. The van der Waals surface area contributed by atoms with Gasteiger partial charge in [-0.3, -0.25) is 0 Å². The minimum absolute atomic E-state index is 0.0910. The molecule has 0 amide bonds. The lowest BCUT2D eigenvalue weighted by molar-refractivity contribution is -0.110. The third-order valence-corrected chi connectivity index (χ3v) is 15.4. The first-order valence-corrected chi connectivity index (χ1v) is 20.9. The number of carboxylic acid groups (broad SMARTS) is 2. The summed E-state index contributed by atoms with van der Waals surface area (Å²) in [5, 5.41) is 19.2. The molecule has 12 rings (SSSR count). The smallest absolute Gasteiger partial charge is 0.335 e. The zero-order chi connectivity index (χ0) is 38.9. The lowest BCUT2D eigenvalue weighted by Crippen LogP contribution is -2.56. The first-order valence-electron chi connectivity index (χ1n) is 20.9. The summed E-state index contributed by atoms with van der Waals surface area (Å²) >= 11 is 0. The van der Waals surface area contributed by atoms with Crippen LogP contribution in [0.3, 0.4) is 0 Å². The van der Waals surface area contributed by atoms with Gasteiger partial charge >= 0.3 is 11.9 Å². The molecule has 0 saturated heterocycles. The first-order chi connectivity index (χ1) is 26.5. The number of rotatable bonds is 9. The molecule has 8 aliphatic rings. The molecule has 8 bridgehead atoms. The summed E-state index contributed by atoms with van der Waals surface area (Å²) in [6.45, 7) is 10.1. The molecule has 4 unspecified atom stereocenters. The number of hydrogen-bond acceptors (Lipinski definition) is 4. The van der Waals surface area contributed by atoms with Crippen LogP contribution in [-0.2, 0) is 10.8 Å². The Morgan fingerprint density at radius 2 is 0.821 bits per heavy atom. The van der Waals surface area contributed by atoms with Crippen LogP contribution in [0.5, 0.6) is 23.0 Å². The van der Waals surface area contributed by atoms with E-state index in [2.05, 4.69) is 64.1 Å². The fourth-order valence-electron chi connectivity index (χ4n) is 15.4. The van der Waals surface area contributed by atoms with Crippen molar-refractivity contribution in [1.82, 2.24) is 0 Å². The molecule has 4 aromatic rings. The highest BCUT2D eigenvalue weighted by Gasteiger charge is 2.62. The molecule has 56 heavy (non-hydrogen) atoms. The van der Waals surface area contributed by atoms with Crippen LogP contribution in [0.2, 0.25) is 0 Å². The second kappa shape index (κ2) is 12.0. The summed E-state index contributed by atoms with van der Waals surface area (Å²) in [5.74, 6) is 2.08. The Kier molecular flexibility index (Phi) is 7.66. The summed E-state index contributed by atoms with van der Waals surface area (Å²) < 4.78 is 13.5. The summed E-state index contributed by atoms with van der Waals surface area (Å²) in [6.07, 6.45) is 15.1. The van der Waals surface area contributed by atoms with Crippen molar-refractivity contribution < 1.29 is 29.3 Å². The number of hydrogen-bond donors (Lipinski definition) is 2. The van der Waals surface area contributed by atoms with Crippen LogP contribution in [0.25, 0.3) is 11.1 Å². The Bertz CT molecular complexity index is 2070. The Morgan fingerprint density at radius 1 is 0.482 bits per heavy atom. The molecule has 6 heteroatoms. The molecule has 2 N–H and O–H groups in total. The number of aromatic carboxylic acids is 2. The van der Waals surface area contributed by atoms with E-state index in [1.54, 1.807) is 48.5 Å². The van der Waals surface area contributed by atoms with E-state index in [1.165, 1.54) is 88.2 Å². The van der Waals surface area contributed by atoms with Gasteiger partial charge in [-0.2, -0.15) is 0 Å². The van der Waals surface area contributed by atoms with Crippen LogP contribution in [0.15, 0.2) is 84.9 Å². The van der Waals surface area contributed by atoms with Gasteiger partial charge in [0.1, 0.15) is 23.0 Å². The average Bonchev–Trinajstić information content (AvgIpc) is 3.09. The second-order valence-corrected chi connectivity index (χ2v) is 21.1. The van der Waals surface area contributed by atoms with Crippen molar-refractivity contribution in [3.8, 4) is 34.1 Å². The average molecular weight is 751 g/mol. The molecule has 6 nitrogen and oxygen atoms in total. The maximum atomic E-state index is 11.7. The fraction of sp³-hybridized carbons (Fsp3) is 0.480. The standard InChI is InChI=1S/C50H54O6/c1-45-19-31-20-46(2,25-45)28-49(23-31,27-45)35-9-15-41(55-37-11-5-33(6-12-37)43(51)52)39(17-35)40-18-36(10-16-42(40)56-38-13-7-34(8-14-38)44(53)54)50-24-32-21-47(3,29-50)26-48(4,22-32)30-50/h5-18,31-32H,19-30H2,1-4H3,(H,51,52)(H,53,54). The Balaban J connectivity index is 1.14. The molecule has 0 spiro atoms. The topological polar surface area (TPSA) is 93.1 Å². The Labute approximate surface area is 330 Å². The summed E-state index contributed by atoms with van der Waals surface area (Å²) in [7, 11) is 0. The monoisotopic (exact) mass is 750 g/mol. The number of carboxylic acids is 2. The van der Waals surface area contributed by atoms with Gasteiger partial charge in [0.25, 0.3) is 0 Å². The Hall–Kier alpha value is -4.58. The van der Waals surface area contributed by atoms with Crippen LogP contribution in [-0.4, -0.2) is 22.2 Å². The summed E-state index contributed by atoms with van der Waals surface area (Å²) in [6, 6.07) is 27.0. The molecular weight excluding hydrogens is 697 g/mol. The highest BCUT2D eigenvalue weighted by molar-refractivity contribution is 5.88. The summed E-state index contributed by atoms with van der Waals surface area (Å²) in [4.78, 5) is 23.4. The van der Waals surface area contributed by atoms with Crippen molar-refractivity contribution in [1.29, 1.82) is 0 Å². The zero-order valence-electron chi connectivity index (χ0n) is 33.3. The highest BCUT2D eigenvalue weighted by atomic mass is 16.5. The van der Waals surface area contributed by atoms with Gasteiger partial charge in [0.05, 0.1) is 11.1 Å². The van der Waals surface area contributed by atoms with Crippen LogP contribution in [0.1, 0.15) is 137 Å². The van der Waals surface area contributed by atoms with Crippen molar-refractivity contribution in [2.45, 2.75) is 116 Å². The number of carbonyl (C=O) groups is 2. The summed E-state index contributed by atoms with van der Waals surface area (Å²) in [5.41, 5.74) is 6.67. The van der Waals surface area contributed by atoms with Crippen molar-refractivity contribution in [2.24, 2.45) is 33.5 Å². The van der Waals surface area contributed by atoms with E-state index in [9.17, 15) is 19.8 Å². The third kappa shape index (κ3) is 5.96. The minimum atomic E-state index is -0.970. The second-order valence-electron chi connectivity index (χ2n) is 21.1. The van der Waals surface area contributed by atoms with Crippen LogP contribution in [0, 0.1) is 33.5 Å². The number of ether oxygens (including phenoxy) is 2. The van der Waals surface area contributed by atoms with E-state index >= 15 is 0 Å². The van der Waals surface area contributed by atoms with E-state index in [1.807, 2.05) is 0 Å². The van der Waals surface area contributed by atoms with Gasteiger partial charge in [-0.1, -0.05) is 39.8 Å². The molecule has 0 aliphatic heterocycles. The van der Waals surface area contributed by atoms with Crippen LogP contribution in [0.4, 0.5) is 0 Å². The van der Waals surface area contributed by atoms with Gasteiger partial charge in [0.15, 0.2) is 0 Å². The highest BCUT2D eigenvalue weighted by Crippen LogP contribution is 2.71. The van der Waals surface area contributed by atoms with Crippen molar-refractivity contribution >= 4 is 11.9 Å². The molecule has 0 heterocycles. The fourth-order valence-corrected chi connectivity index (χ4v) is 15.4. The van der Waals surface area contributed by atoms with Gasteiger partial charge in [-0.05, 0) is 205 Å². The molecule has 8 aliphatic carbocycles. The number of benzene rings is 4. The van der Waals surface area contributed by atoms with E-state index < -0.39 is 11.9 Å². The van der Waals surface area contributed by atoms with E-state index in [-0.39, 0.29) is 22.0 Å². The third-order valence-electron chi connectivity index (χ3n) is 15.4. The lowest BCUT2D eigenvalue weighted by Gasteiger charge is -2.66. The quantitative estimate of drug-likeness (QED) is 0.177. The zero-order valence-corrected chi connectivity index (χ0v) is 33.3. The first kappa shape index (κ1) is 35.8. The van der Waals surface area contributed by atoms with Crippen molar-refractivity contribution in [2.75, 3.05) is 0 Å². The largest absolute Gasteiger partial charge is 0.478 e. The lowest BCUT2D eigenvalue weighted by atomic mass is 9.39. The van der Waals surface area contributed by atoms with Crippen molar-refractivity contribution in [3.63, 3.8) is 0 Å². The molecule has 0 radical (unpaired) electrons.